The van der Waals surface area contributed by atoms with Gasteiger partial charge in [0.05, 0.1) is 24.8 Å². The topological polar surface area (TPSA) is 75.2 Å². The molecule has 0 bridgehead atoms. The average Bonchev–Trinajstić information content (AvgIpc) is 2.30. The zero-order valence-corrected chi connectivity index (χ0v) is 9.07. The molecular formula is C11H12N2O3. The standard InChI is InChI=1S/C11H12N2O3/c1-6-7(5-14)3-4-8-9(6)13-10(15)11(12-8)16-2/h3-4,14H,5H2,1-2H3,(H,13,15). The van der Waals surface area contributed by atoms with E-state index in [1.165, 1.54) is 7.11 Å². The first-order valence-corrected chi connectivity index (χ1v) is 4.84. The first-order valence-electron chi connectivity index (χ1n) is 4.84. The van der Waals surface area contributed by atoms with E-state index < -0.39 is 0 Å². The Morgan fingerprint density at radius 1 is 1.50 bits per heavy atom. The van der Waals surface area contributed by atoms with Crippen LogP contribution in [0, 0.1) is 6.92 Å². The third-order valence-corrected chi connectivity index (χ3v) is 2.57. The molecule has 2 rings (SSSR count). The lowest BCUT2D eigenvalue weighted by molar-refractivity contribution is 0.281. The Morgan fingerprint density at radius 2 is 2.25 bits per heavy atom. The third-order valence-electron chi connectivity index (χ3n) is 2.57. The van der Waals surface area contributed by atoms with Crippen LogP contribution < -0.4 is 10.3 Å². The van der Waals surface area contributed by atoms with Crippen molar-refractivity contribution in [1.29, 1.82) is 0 Å². The smallest absolute Gasteiger partial charge is 0.311 e. The number of fused-ring (bicyclic) bond motifs is 1. The van der Waals surface area contributed by atoms with Gasteiger partial charge in [-0.1, -0.05) is 6.07 Å². The molecule has 0 saturated heterocycles. The number of nitrogens with one attached hydrogen (secondary N) is 1. The average molecular weight is 220 g/mol. The molecule has 0 unspecified atom stereocenters. The molecule has 1 aromatic heterocycles. The maximum absolute atomic E-state index is 11.5. The largest absolute Gasteiger partial charge is 0.477 e. The first kappa shape index (κ1) is 10.6. The molecular weight excluding hydrogens is 208 g/mol. The number of hydrogen-bond donors (Lipinski definition) is 2. The number of aryl methyl sites for hydroxylation is 1. The van der Waals surface area contributed by atoms with Crippen LogP contribution in [0.3, 0.4) is 0 Å². The molecule has 2 aromatic rings. The van der Waals surface area contributed by atoms with E-state index in [4.69, 9.17) is 9.84 Å². The second kappa shape index (κ2) is 3.94. The summed E-state index contributed by atoms with van der Waals surface area (Å²) in [5.74, 6) is 0.0450. The van der Waals surface area contributed by atoms with Gasteiger partial charge >= 0.3 is 5.56 Å². The van der Waals surface area contributed by atoms with Crippen LogP contribution in [0.2, 0.25) is 0 Å². The van der Waals surface area contributed by atoms with Crippen LogP contribution in [0.1, 0.15) is 11.1 Å². The molecule has 0 aliphatic carbocycles. The zero-order valence-electron chi connectivity index (χ0n) is 9.07. The quantitative estimate of drug-likeness (QED) is 0.782. The van der Waals surface area contributed by atoms with Gasteiger partial charge in [-0.15, -0.1) is 0 Å². The number of rotatable bonds is 2. The monoisotopic (exact) mass is 220 g/mol. The SMILES string of the molecule is COc1nc2ccc(CO)c(C)c2[nH]c1=O. The number of aliphatic hydroxyl groups excluding tert-OH is 1. The number of methoxy groups -OCH3 is 1. The molecule has 0 atom stereocenters. The molecule has 1 aromatic carbocycles. The fourth-order valence-electron chi connectivity index (χ4n) is 1.63. The number of aromatic nitrogens is 2. The Balaban J connectivity index is 2.81. The Hall–Kier alpha value is -1.88. The Bertz CT molecular complexity index is 590. The van der Waals surface area contributed by atoms with Gasteiger partial charge in [0.1, 0.15) is 0 Å². The van der Waals surface area contributed by atoms with E-state index in [9.17, 15) is 4.79 Å². The van der Waals surface area contributed by atoms with Crippen molar-refractivity contribution >= 4 is 11.0 Å². The van der Waals surface area contributed by atoms with Gasteiger partial charge in [0.2, 0.25) is 0 Å². The van der Waals surface area contributed by atoms with Crippen LogP contribution in [0.4, 0.5) is 0 Å². The van der Waals surface area contributed by atoms with Crippen LogP contribution in [0.15, 0.2) is 16.9 Å². The van der Waals surface area contributed by atoms with Crippen molar-refractivity contribution in [2.75, 3.05) is 7.11 Å². The van der Waals surface area contributed by atoms with E-state index in [1.807, 2.05) is 6.92 Å². The number of aromatic amines is 1. The van der Waals surface area contributed by atoms with E-state index in [1.54, 1.807) is 12.1 Å². The molecule has 0 fully saturated rings. The molecule has 84 valence electrons. The van der Waals surface area contributed by atoms with Gasteiger partial charge in [0.15, 0.2) is 0 Å². The molecule has 5 nitrogen and oxygen atoms in total. The van der Waals surface area contributed by atoms with E-state index in [0.717, 1.165) is 11.1 Å². The highest BCUT2D eigenvalue weighted by molar-refractivity contribution is 5.79. The number of aliphatic hydroxyl groups is 1. The number of hydrogen-bond acceptors (Lipinski definition) is 4. The molecule has 2 N–H and O–H groups in total. The van der Waals surface area contributed by atoms with Crippen molar-refractivity contribution in [3.05, 3.63) is 33.6 Å². The summed E-state index contributed by atoms with van der Waals surface area (Å²) in [5.41, 5.74) is 2.51. The van der Waals surface area contributed by atoms with Crippen LogP contribution >= 0.6 is 0 Å². The minimum atomic E-state index is -0.367. The Kier molecular flexibility index (Phi) is 2.62. The minimum absolute atomic E-state index is 0.0450. The van der Waals surface area contributed by atoms with Gasteiger partial charge in [-0.2, -0.15) is 0 Å². The van der Waals surface area contributed by atoms with Crippen LogP contribution in [-0.4, -0.2) is 22.2 Å². The van der Waals surface area contributed by atoms with E-state index in [-0.39, 0.29) is 18.0 Å². The molecule has 0 amide bonds. The first-order chi connectivity index (χ1) is 7.67. The van der Waals surface area contributed by atoms with Crippen LogP contribution in [0.25, 0.3) is 11.0 Å². The fourth-order valence-corrected chi connectivity index (χ4v) is 1.63. The van der Waals surface area contributed by atoms with Crippen molar-refractivity contribution in [1.82, 2.24) is 9.97 Å². The van der Waals surface area contributed by atoms with Crippen LogP contribution in [0.5, 0.6) is 5.88 Å². The van der Waals surface area contributed by atoms with Gasteiger partial charge < -0.3 is 14.8 Å². The molecule has 0 aliphatic rings. The molecule has 1 heterocycles. The van der Waals surface area contributed by atoms with E-state index >= 15 is 0 Å². The number of H-pyrrole nitrogens is 1. The fraction of sp³-hybridized carbons (Fsp3) is 0.273. The summed E-state index contributed by atoms with van der Waals surface area (Å²) in [4.78, 5) is 18.3. The van der Waals surface area contributed by atoms with Gasteiger partial charge in [0.25, 0.3) is 5.88 Å². The normalized spacial score (nSPS) is 10.7. The van der Waals surface area contributed by atoms with Crippen molar-refractivity contribution in [3.63, 3.8) is 0 Å². The van der Waals surface area contributed by atoms with Gasteiger partial charge in [0, 0.05) is 0 Å². The molecule has 0 aliphatic heterocycles. The molecule has 0 saturated carbocycles. The van der Waals surface area contributed by atoms with Crippen molar-refractivity contribution in [2.24, 2.45) is 0 Å². The number of nitrogens with zero attached hydrogens (tertiary/aromatic N) is 1. The lowest BCUT2D eigenvalue weighted by atomic mass is 10.1. The zero-order chi connectivity index (χ0) is 11.7. The summed E-state index contributed by atoms with van der Waals surface area (Å²) in [6.45, 7) is 1.77. The minimum Gasteiger partial charge on any atom is -0.477 e. The van der Waals surface area contributed by atoms with Gasteiger partial charge in [-0.25, -0.2) is 4.98 Å². The van der Waals surface area contributed by atoms with Crippen LogP contribution in [-0.2, 0) is 6.61 Å². The van der Waals surface area contributed by atoms with Crippen molar-refractivity contribution in [3.8, 4) is 5.88 Å². The molecule has 5 heteroatoms. The van der Waals surface area contributed by atoms with Crippen molar-refractivity contribution < 1.29 is 9.84 Å². The number of benzene rings is 1. The molecule has 0 radical (unpaired) electrons. The maximum Gasteiger partial charge on any atom is 0.311 e. The maximum atomic E-state index is 11.5. The highest BCUT2D eigenvalue weighted by atomic mass is 16.5. The summed E-state index contributed by atoms with van der Waals surface area (Å²) in [6, 6.07) is 3.52. The lowest BCUT2D eigenvalue weighted by Crippen LogP contribution is -2.12. The summed E-state index contributed by atoms with van der Waals surface area (Å²) in [6.07, 6.45) is 0. The summed E-state index contributed by atoms with van der Waals surface area (Å²) >= 11 is 0. The van der Waals surface area contributed by atoms with Gasteiger partial charge in [-0.05, 0) is 24.1 Å². The third kappa shape index (κ3) is 1.55. The summed E-state index contributed by atoms with van der Waals surface area (Å²) in [7, 11) is 1.40. The highest BCUT2D eigenvalue weighted by Crippen LogP contribution is 2.18. The second-order valence-corrected chi connectivity index (χ2v) is 3.48. The van der Waals surface area contributed by atoms with E-state index in [0.29, 0.717) is 11.0 Å². The predicted octanol–water partition coefficient (Wildman–Crippen LogP) is 0.732. The van der Waals surface area contributed by atoms with E-state index in [2.05, 4.69) is 9.97 Å². The summed E-state index contributed by atoms with van der Waals surface area (Å²) in [5, 5.41) is 9.11. The lowest BCUT2D eigenvalue weighted by Gasteiger charge is -2.07. The van der Waals surface area contributed by atoms with Gasteiger partial charge in [-0.3, -0.25) is 4.79 Å². The second-order valence-electron chi connectivity index (χ2n) is 3.48. The molecule has 16 heavy (non-hydrogen) atoms. The molecule has 0 spiro atoms. The predicted molar refractivity (Wildman–Crippen MR) is 59.6 cm³/mol. The Morgan fingerprint density at radius 3 is 2.88 bits per heavy atom. The Labute approximate surface area is 91.7 Å². The summed E-state index contributed by atoms with van der Waals surface area (Å²) < 4.78 is 4.85. The number of ether oxygens (including phenoxy) is 1. The highest BCUT2D eigenvalue weighted by Gasteiger charge is 2.08. The van der Waals surface area contributed by atoms with Crippen molar-refractivity contribution in [2.45, 2.75) is 13.5 Å².